The number of carbonyl (C=O) groups is 1. The van der Waals surface area contributed by atoms with Crippen LogP contribution < -0.4 is 4.72 Å². The molecule has 0 aliphatic heterocycles. The molecular weight excluding hydrogens is 423 g/mol. The standard InChI is InChI=1S/C18H15FN2O4S3/c19-10-12-8-14(20-27-12)15-6-7-16(26-15)28(24,25)21-18(17(22)23)9-13(18)11-4-2-1-3-5-11/h1-8,13,21H,9-10H2,(H,22,23)/t13-,18+/m1/s1. The number of carboxylic acid groups (broad SMARTS) is 1. The highest BCUT2D eigenvalue weighted by atomic mass is 32.2. The van der Waals surface area contributed by atoms with E-state index < -0.39 is 34.1 Å². The second-order valence-electron chi connectivity index (χ2n) is 6.48. The van der Waals surface area contributed by atoms with E-state index in [4.69, 9.17) is 0 Å². The van der Waals surface area contributed by atoms with Crippen LogP contribution in [0.1, 0.15) is 22.8 Å². The van der Waals surface area contributed by atoms with Gasteiger partial charge in [0, 0.05) is 5.92 Å². The van der Waals surface area contributed by atoms with Crippen molar-refractivity contribution in [2.24, 2.45) is 0 Å². The fourth-order valence-corrected chi connectivity index (χ4v) is 6.44. The minimum absolute atomic E-state index is 0.00312. The maximum Gasteiger partial charge on any atom is 0.325 e. The summed E-state index contributed by atoms with van der Waals surface area (Å²) in [6.07, 6.45) is 0.190. The average molecular weight is 439 g/mol. The molecule has 2 atom stereocenters. The number of nitrogens with zero attached hydrogens (tertiary/aromatic N) is 1. The van der Waals surface area contributed by atoms with Crippen molar-refractivity contribution in [2.75, 3.05) is 0 Å². The first-order valence-electron chi connectivity index (χ1n) is 8.30. The van der Waals surface area contributed by atoms with Gasteiger partial charge in [0.2, 0.25) is 0 Å². The third-order valence-corrected chi connectivity index (χ3v) is 8.51. The van der Waals surface area contributed by atoms with Crippen LogP contribution in [-0.2, 0) is 21.5 Å². The van der Waals surface area contributed by atoms with Gasteiger partial charge in [-0.3, -0.25) is 4.79 Å². The zero-order chi connectivity index (χ0) is 19.9. The minimum atomic E-state index is -4.04. The molecule has 0 saturated heterocycles. The molecule has 0 unspecified atom stereocenters. The number of carboxylic acids is 1. The Morgan fingerprint density at radius 2 is 2.04 bits per heavy atom. The predicted octanol–water partition coefficient (Wildman–Crippen LogP) is 3.63. The lowest BCUT2D eigenvalue weighted by molar-refractivity contribution is -0.140. The topological polar surface area (TPSA) is 96.4 Å². The number of hydrogen-bond donors (Lipinski definition) is 2. The van der Waals surface area contributed by atoms with Crippen molar-refractivity contribution in [3.05, 3.63) is 59.0 Å². The van der Waals surface area contributed by atoms with Gasteiger partial charge in [0.25, 0.3) is 10.0 Å². The zero-order valence-electron chi connectivity index (χ0n) is 14.3. The second-order valence-corrected chi connectivity index (χ2v) is 10.4. The average Bonchev–Trinajstić information content (AvgIpc) is 3.05. The van der Waals surface area contributed by atoms with Gasteiger partial charge in [-0.05, 0) is 41.7 Å². The van der Waals surface area contributed by atoms with Gasteiger partial charge in [-0.1, -0.05) is 30.3 Å². The van der Waals surface area contributed by atoms with E-state index in [2.05, 4.69) is 9.10 Å². The number of sulfonamides is 1. The minimum Gasteiger partial charge on any atom is -0.480 e. The molecule has 3 aromatic rings. The third kappa shape index (κ3) is 3.37. The Balaban J connectivity index is 1.59. The molecule has 0 amide bonds. The molecule has 2 aromatic heterocycles. The molecule has 1 aliphatic carbocycles. The summed E-state index contributed by atoms with van der Waals surface area (Å²) in [7, 11) is -4.04. The summed E-state index contributed by atoms with van der Waals surface area (Å²) in [5.74, 6) is -1.63. The molecule has 6 nitrogen and oxygen atoms in total. The van der Waals surface area contributed by atoms with Gasteiger partial charge in [-0.25, -0.2) is 12.8 Å². The SMILES string of the molecule is O=C(O)[C@]1(NS(=O)(=O)c2ccc(-c3cc(CF)sn3)s2)C[C@@H]1c1ccccc1. The lowest BCUT2D eigenvalue weighted by atomic mass is 10.1. The van der Waals surface area contributed by atoms with E-state index in [1.165, 1.54) is 6.07 Å². The molecule has 0 radical (unpaired) electrons. The van der Waals surface area contributed by atoms with Gasteiger partial charge in [0.15, 0.2) is 0 Å². The summed E-state index contributed by atoms with van der Waals surface area (Å²) >= 11 is 1.99. The molecule has 0 spiro atoms. The summed E-state index contributed by atoms with van der Waals surface area (Å²) in [6.45, 7) is -0.627. The first-order valence-corrected chi connectivity index (χ1v) is 11.4. The molecule has 2 heterocycles. The monoisotopic (exact) mass is 438 g/mol. The van der Waals surface area contributed by atoms with Gasteiger partial charge in [0.1, 0.15) is 16.4 Å². The number of nitrogens with one attached hydrogen (secondary N) is 1. The smallest absolute Gasteiger partial charge is 0.325 e. The van der Waals surface area contributed by atoms with E-state index in [0.29, 0.717) is 15.4 Å². The van der Waals surface area contributed by atoms with E-state index >= 15 is 0 Å². The number of aromatic nitrogens is 1. The fraction of sp³-hybridized carbons (Fsp3) is 0.222. The number of halogens is 1. The van der Waals surface area contributed by atoms with Crippen molar-refractivity contribution in [1.29, 1.82) is 0 Å². The summed E-state index contributed by atoms with van der Waals surface area (Å²) in [5.41, 5.74) is -0.266. The Hall–Kier alpha value is -2.14. The molecule has 4 rings (SSSR count). The van der Waals surface area contributed by atoms with Gasteiger partial charge in [0.05, 0.1) is 15.4 Å². The number of benzene rings is 1. The summed E-state index contributed by atoms with van der Waals surface area (Å²) < 4.78 is 44.9. The Morgan fingerprint density at radius 1 is 1.29 bits per heavy atom. The van der Waals surface area contributed by atoms with Crippen LogP contribution in [0.5, 0.6) is 0 Å². The molecule has 28 heavy (non-hydrogen) atoms. The van der Waals surface area contributed by atoms with Gasteiger partial charge in [-0.15, -0.1) is 11.3 Å². The van der Waals surface area contributed by atoms with Crippen LogP contribution in [0.4, 0.5) is 4.39 Å². The van der Waals surface area contributed by atoms with Gasteiger partial charge >= 0.3 is 5.97 Å². The van der Waals surface area contributed by atoms with Crippen LogP contribution in [0.25, 0.3) is 10.6 Å². The molecule has 1 aliphatic rings. The fourth-order valence-electron chi connectivity index (χ4n) is 3.13. The molecular formula is C18H15FN2O4S3. The van der Waals surface area contributed by atoms with Crippen LogP contribution in [0.2, 0.25) is 0 Å². The number of rotatable bonds is 7. The number of hydrogen-bond acceptors (Lipinski definition) is 6. The van der Waals surface area contributed by atoms with Crippen molar-refractivity contribution >= 4 is 38.9 Å². The summed E-state index contributed by atoms with van der Waals surface area (Å²) in [4.78, 5) is 12.9. The van der Waals surface area contributed by atoms with Crippen LogP contribution in [0.3, 0.4) is 0 Å². The highest BCUT2D eigenvalue weighted by Gasteiger charge is 2.63. The molecule has 1 fully saturated rings. The van der Waals surface area contributed by atoms with E-state index in [0.717, 1.165) is 28.4 Å². The van der Waals surface area contributed by atoms with Crippen LogP contribution in [0.15, 0.2) is 52.7 Å². The molecule has 146 valence electrons. The normalized spacial score (nSPS) is 21.5. The second kappa shape index (κ2) is 7.03. The largest absolute Gasteiger partial charge is 0.480 e. The predicted molar refractivity (Wildman–Crippen MR) is 105 cm³/mol. The first-order chi connectivity index (χ1) is 13.4. The number of alkyl halides is 1. The Labute approximate surface area is 168 Å². The van der Waals surface area contributed by atoms with Gasteiger partial charge < -0.3 is 5.11 Å². The van der Waals surface area contributed by atoms with Crippen molar-refractivity contribution < 1.29 is 22.7 Å². The summed E-state index contributed by atoms with van der Waals surface area (Å²) in [6, 6.07) is 13.6. The third-order valence-electron chi connectivity index (χ3n) is 4.65. The maximum atomic E-state index is 12.8. The van der Waals surface area contributed by atoms with Crippen molar-refractivity contribution in [1.82, 2.24) is 9.10 Å². The highest BCUT2D eigenvalue weighted by molar-refractivity contribution is 7.91. The lowest BCUT2D eigenvalue weighted by Gasteiger charge is -2.14. The van der Waals surface area contributed by atoms with Crippen LogP contribution in [0, 0.1) is 0 Å². The highest BCUT2D eigenvalue weighted by Crippen LogP contribution is 2.52. The summed E-state index contributed by atoms with van der Waals surface area (Å²) in [5, 5.41) is 9.69. The van der Waals surface area contributed by atoms with Crippen molar-refractivity contribution in [3.63, 3.8) is 0 Å². The quantitative estimate of drug-likeness (QED) is 0.587. The molecule has 2 N–H and O–H groups in total. The van der Waals surface area contributed by atoms with Crippen LogP contribution in [-0.4, -0.2) is 29.4 Å². The zero-order valence-corrected chi connectivity index (χ0v) is 16.8. The van der Waals surface area contributed by atoms with Crippen molar-refractivity contribution in [2.45, 2.75) is 28.8 Å². The molecule has 10 heteroatoms. The maximum absolute atomic E-state index is 12.8. The first kappa shape index (κ1) is 19.2. The number of thiophene rings is 1. The molecule has 1 saturated carbocycles. The van der Waals surface area contributed by atoms with E-state index in [9.17, 15) is 22.7 Å². The van der Waals surface area contributed by atoms with Crippen LogP contribution >= 0.6 is 22.9 Å². The molecule has 0 bridgehead atoms. The van der Waals surface area contributed by atoms with Gasteiger partial charge in [-0.2, -0.15) is 9.10 Å². The number of aliphatic carboxylic acids is 1. The van der Waals surface area contributed by atoms with Crippen molar-refractivity contribution in [3.8, 4) is 10.6 Å². The Morgan fingerprint density at radius 3 is 2.68 bits per heavy atom. The Kier molecular flexibility index (Phi) is 4.82. The van der Waals surface area contributed by atoms with E-state index in [1.807, 2.05) is 6.07 Å². The Bertz CT molecular complexity index is 1130. The van der Waals surface area contributed by atoms with E-state index in [1.54, 1.807) is 36.4 Å². The lowest BCUT2D eigenvalue weighted by Crippen LogP contribution is -2.44. The van der Waals surface area contributed by atoms with E-state index in [-0.39, 0.29) is 10.6 Å². The molecule has 1 aromatic carbocycles.